The molecule has 0 aliphatic heterocycles. The molecule has 0 atom stereocenters. The van der Waals surface area contributed by atoms with E-state index in [9.17, 15) is 0 Å². The van der Waals surface area contributed by atoms with Gasteiger partial charge < -0.3 is 16.4 Å². The number of aromatic amines is 1. The predicted molar refractivity (Wildman–Crippen MR) is 91.5 cm³/mol. The van der Waals surface area contributed by atoms with Gasteiger partial charge in [-0.25, -0.2) is 0 Å². The third-order valence-corrected chi connectivity index (χ3v) is 3.39. The van der Waals surface area contributed by atoms with Crippen LogP contribution in [0.25, 0.3) is 0 Å². The summed E-state index contributed by atoms with van der Waals surface area (Å²) in [6.45, 7) is 0.639. The Bertz CT molecular complexity index is 768. The van der Waals surface area contributed by atoms with Crippen LogP contribution in [0, 0.1) is 0 Å². The molecule has 0 aliphatic rings. The third kappa shape index (κ3) is 3.51. The third-order valence-electron chi connectivity index (χ3n) is 3.15. The van der Waals surface area contributed by atoms with E-state index >= 15 is 0 Å². The summed E-state index contributed by atoms with van der Waals surface area (Å²) in [5.74, 6) is 0.738. The van der Waals surface area contributed by atoms with Gasteiger partial charge in [-0.05, 0) is 35.9 Å². The van der Waals surface area contributed by atoms with Crippen molar-refractivity contribution in [1.29, 1.82) is 0 Å². The van der Waals surface area contributed by atoms with Crippen LogP contribution in [-0.2, 0) is 6.54 Å². The normalized spacial score (nSPS) is 10.4. The number of hydrogen-bond acceptors (Lipinski definition) is 4. The lowest BCUT2D eigenvalue weighted by molar-refractivity contribution is 1.05. The molecule has 3 aromatic rings. The summed E-state index contributed by atoms with van der Waals surface area (Å²) in [5.41, 5.74) is 9.38. The predicted octanol–water partition coefficient (Wildman–Crippen LogP) is 4.00. The molecule has 0 spiro atoms. The molecule has 1 heterocycles. The molecule has 3 rings (SSSR count). The molecule has 5 nitrogen and oxygen atoms in total. The van der Waals surface area contributed by atoms with Crippen molar-refractivity contribution in [2.45, 2.75) is 6.54 Å². The smallest absolute Gasteiger partial charge is 0.171 e. The summed E-state index contributed by atoms with van der Waals surface area (Å²) in [6, 6.07) is 15.3. The van der Waals surface area contributed by atoms with Crippen LogP contribution < -0.4 is 16.4 Å². The lowest BCUT2D eigenvalue weighted by Gasteiger charge is -2.09. The van der Waals surface area contributed by atoms with E-state index in [0.717, 1.165) is 28.4 Å². The Morgan fingerprint density at radius 3 is 2.82 bits per heavy atom. The Morgan fingerprint density at radius 1 is 1.14 bits per heavy atom. The summed E-state index contributed by atoms with van der Waals surface area (Å²) >= 11 is 5.99. The van der Waals surface area contributed by atoms with E-state index in [0.29, 0.717) is 11.6 Å². The van der Waals surface area contributed by atoms with E-state index in [1.54, 1.807) is 6.20 Å². The minimum Gasteiger partial charge on any atom is -0.399 e. The van der Waals surface area contributed by atoms with Crippen molar-refractivity contribution >= 4 is 34.5 Å². The van der Waals surface area contributed by atoms with E-state index in [1.165, 1.54) is 0 Å². The van der Waals surface area contributed by atoms with Crippen molar-refractivity contribution in [2.75, 3.05) is 16.4 Å². The summed E-state index contributed by atoms with van der Waals surface area (Å²) in [5, 5.41) is 14.3. The van der Waals surface area contributed by atoms with Gasteiger partial charge >= 0.3 is 0 Å². The Kier molecular flexibility index (Phi) is 4.16. The van der Waals surface area contributed by atoms with Crippen LogP contribution >= 0.6 is 11.6 Å². The maximum Gasteiger partial charge on any atom is 0.171 e. The first-order valence-electron chi connectivity index (χ1n) is 6.85. The quantitative estimate of drug-likeness (QED) is 0.537. The van der Waals surface area contributed by atoms with Gasteiger partial charge in [-0.1, -0.05) is 29.8 Å². The van der Waals surface area contributed by atoms with Crippen LogP contribution in [0.3, 0.4) is 0 Å². The average Bonchev–Trinajstić information content (AvgIpc) is 2.92. The number of nitrogens with one attached hydrogen (secondary N) is 3. The molecule has 6 heteroatoms. The number of benzene rings is 2. The molecule has 0 unspecified atom stereocenters. The molecular weight excluding hydrogens is 298 g/mol. The summed E-state index contributed by atoms with van der Waals surface area (Å²) in [4.78, 5) is 0. The van der Waals surface area contributed by atoms with Gasteiger partial charge in [0.05, 0.1) is 0 Å². The SMILES string of the molecule is Nc1cccc(CNc2n[nH]cc2Nc2cccc(Cl)c2)c1. The van der Waals surface area contributed by atoms with Gasteiger partial charge in [-0.15, -0.1) is 0 Å². The zero-order valence-corrected chi connectivity index (χ0v) is 12.6. The van der Waals surface area contributed by atoms with E-state index in [2.05, 4.69) is 20.8 Å². The van der Waals surface area contributed by atoms with Gasteiger partial charge in [-0.2, -0.15) is 5.10 Å². The minimum atomic E-state index is 0.639. The molecular formula is C16H16ClN5. The van der Waals surface area contributed by atoms with Crippen LogP contribution in [0.2, 0.25) is 5.02 Å². The van der Waals surface area contributed by atoms with Gasteiger partial charge in [0.2, 0.25) is 0 Å². The molecule has 0 radical (unpaired) electrons. The lowest BCUT2D eigenvalue weighted by Crippen LogP contribution is -2.02. The number of nitrogens with two attached hydrogens (primary N) is 1. The minimum absolute atomic E-state index is 0.639. The van der Waals surface area contributed by atoms with E-state index in [4.69, 9.17) is 17.3 Å². The van der Waals surface area contributed by atoms with Crippen molar-refractivity contribution in [3.8, 4) is 0 Å². The maximum absolute atomic E-state index is 5.99. The van der Waals surface area contributed by atoms with Crippen molar-refractivity contribution in [2.24, 2.45) is 0 Å². The molecule has 112 valence electrons. The van der Waals surface area contributed by atoms with E-state index in [-0.39, 0.29) is 0 Å². The first-order valence-corrected chi connectivity index (χ1v) is 7.23. The fraction of sp³-hybridized carbons (Fsp3) is 0.0625. The van der Waals surface area contributed by atoms with Crippen molar-refractivity contribution in [1.82, 2.24) is 10.2 Å². The number of anilines is 4. The average molecular weight is 314 g/mol. The van der Waals surface area contributed by atoms with E-state index < -0.39 is 0 Å². The zero-order chi connectivity index (χ0) is 15.4. The molecule has 0 fully saturated rings. The summed E-state index contributed by atoms with van der Waals surface area (Å²) in [7, 11) is 0. The molecule has 0 amide bonds. The van der Waals surface area contributed by atoms with Gasteiger partial charge in [0.25, 0.3) is 0 Å². The number of halogens is 1. The van der Waals surface area contributed by atoms with Crippen LogP contribution in [0.4, 0.5) is 22.9 Å². The molecule has 5 N–H and O–H groups in total. The second-order valence-electron chi connectivity index (χ2n) is 4.88. The van der Waals surface area contributed by atoms with Crippen LogP contribution in [-0.4, -0.2) is 10.2 Å². The molecule has 22 heavy (non-hydrogen) atoms. The first-order chi connectivity index (χ1) is 10.7. The van der Waals surface area contributed by atoms with Gasteiger partial charge in [-0.3, -0.25) is 5.10 Å². The zero-order valence-electron chi connectivity index (χ0n) is 11.8. The highest BCUT2D eigenvalue weighted by molar-refractivity contribution is 6.30. The highest BCUT2D eigenvalue weighted by Crippen LogP contribution is 2.25. The van der Waals surface area contributed by atoms with Crippen LogP contribution in [0.5, 0.6) is 0 Å². The van der Waals surface area contributed by atoms with Crippen LogP contribution in [0.1, 0.15) is 5.56 Å². The Labute approximate surface area is 133 Å². The number of nitrogen functional groups attached to an aromatic ring is 1. The molecule has 0 aliphatic carbocycles. The monoisotopic (exact) mass is 313 g/mol. The summed E-state index contributed by atoms with van der Waals surface area (Å²) in [6.07, 6.45) is 1.79. The molecule has 0 saturated carbocycles. The maximum atomic E-state index is 5.99. The molecule has 0 saturated heterocycles. The van der Waals surface area contributed by atoms with E-state index in [1.807, 2.05) is 48.5 Å². The van der Waals surface area contributed by atoms with Crippen molar-refractivity contribution in [3.63, 3.8) is 0 Å². The molecule has 0 bridgehead atoms. The molecule has 2 aromatic carbocycles. The first kappa shape index (κ1) is 14.3. The number of nitrogens with zero attached hydrogens (tertiary/aromatic N) is 1. The number of H-pyrrole nitrogens is 1. The number of aromatic nitrogens is 2. The standard InChI is InChI=1S/C16H16ClN5/c17-12-4-2-6-14(8-12)21-15-10-20-22-16(15)19-9-11-3-1-5-13(18)7-11/h1-8,10,21H,9,18H2,(H2,19,20,22). The van der Waals surface area contributed by atoms with Crippen molar-refractivity contribution in [3.05, 3.63) is 65.3 Å². The second-order valence-corrected chi connectivity index (χ2v) is 5.32. The van der Waals surface area contributed by atoms with Gasteiger partial charge in [0.1, 0.15) is 5.69 Å². The number of hydrogen-bond donors (Lipinski definition) is 4. The number of rotatable bonds is 5. The Balaban J connectivity index is 1.69. The van der Waals surface area contributed by atoms with Gasteiger partial charge in [0.15, 0.2) is 5.82 Å². The second kappa shape index (κ2) is 6.41. The fourth-order valence-corrected chi connectivity index (χ4v) is 2.32. The largest absolute Gasteiger partial charge is 0.399 e. The molecule has 1 aromatic heterocycles. The van der Waals surface area contributed by atoms with Gasteiger partial charge in [0, 0.05) is 29.1 Å². The van der Waals surface area contributed by atoms with Crippen LogP contribution in [0.15, 0.2) is 54.7 Å². The highest BCUT2D eigenvalue weighted by Gasteiger charge is 2.06. The topological polar surface area (TPSA) is 78.8 Å². The highest BCUT2D eigenvalue weighted by atomic mass is 35.5. The Hall–Kier alpha value is -2.66. The van der Waals surface area contributed by atoms with Crippen molar-refractivity contribution < 1.29 is 0 Å². The summed E-state index contributed by atoms with van der Waals surface area (Å²) < 4.78 is 0. The lowest BCUT2D eigenvalue weighted by atomic mass is 10.2. The fourth-order valence-electron chi connectivity index (χ4n) is 2.13. The Morgan fingerprint density at radius 2 is 2.00 bits per heavy atom.